The van der Waals surface area contributed by atoms with Gasteiger partial charge in [-0.05, 0) is 19.1 Å². The van der Waals surface area contributed by atoms with Crippen LogP contribution in [0.3, 0.4) is 0 Å². The molecule has 0 bridgehead atoms. The van der Waals surface area contributed by atoms with E-state index in [1.165, 1.54) is 0 Å². The highest BCUT2D eigenvalue weighted by Crippen LogP contribution is 2.17. The Kier molecular flexibility index (Phi) is 4.13. The summed E-state index contributed by atoms with van der Waals surface area (Å²) in [6.07, 6.45) is 0. The van der Waals surface area contributed by atoms with Gasteiger partial charge in [0.25, 0.3) is 0 Å². The summed E-state index contributed by atoms with van der Waals surface area (Å²) in [6, 6.07) is 15.5. The number of hydrogen-bond donors (Lipinski definition) is 0. The molecule has 0 aromatic heterocycles. The Morgan fingerprint density at radius 2 is 1.47 bits per heavy atom. The predicted octanol–water partition coefficient (Wildman–Crippen LogP) is 4.04. The highest BCUT2D eigenvalue weighted by molar-refractivity contribution is 6.31. The van der Waals surface area contributed by atoms with E-state index >= 15 is 0 Å². The van der Waals surface area contributed by atoms with Crippen LogP contribution in [0.25, 0.3) is 0 Å². The lowest BCUT2D eigenvalue weighted by Crippen LogP contribution is -2.21. The van der Waals surface area contributed by atoms with Gasteiger partial charge in [0.05, 0.1) is 5.92 Å². The highest BCUT2D eigenvalue weighted by Gasteiger charge is 2.23. The molecule has 96 valence electrons. The van der Waals surface area contributed by atoms with Crippen molar-refractivity contribution in [1.29, 1.82) is 0 Å². The molecule has 2 rings (SSSR count). The van der Waals surface area contributed by atoms with Crippen molar-refractivity contribution in [2.45, 2.75) is 6.92 Å². The number of ketones is 2. The van der Waals surface area contributed by atoms with Gasteiger partial charge in [-0.25, -0.2) is 0 Å². The molecule has 0 fully saturated rings. The monoisotopic (exact) mass is 272 g/mol. The van der Waals surface area contributed by atoms with Gasteiger partial charge in [-0.15, -0.1) is 0 Å². The summed E-state index contributed by atoms with van der Waals surface area (Å²) in [5.41, 5.74) is 1.01. The van der Waals surface area contributed by atoms with Gasteiger partial charge in [0.1, 0.15) is 0 Å². The van der Waals surface area contributed by atoms with E-state index in [2.05, 4.69) is 0 Å². The molecule has 1 atom stereocenters. The summed E-state index contributed by atoms with van der Waals surface area (Å²) < 4.78 is 0. The van der Waals surface area contributed by atoms with Gasteiger partial charge >= 0.3 is 0 Å². The molecule has 0 saturated carbocycles. The second-order valence-electron chi connectivity index (χ2n) is 4.33. The van der Waals surface area contributed by atoms with Crippen LogP contribution in [0.2, 0.25) is 5.02 Å². The maximum absolute atomic E-state index is 12.2. The van der Waals surface area contributed by atoms with Gasteiger partial charge in [-0.3, -0.25) is 9.59 Å². The SMILES string of the molecule is CC(C(=O)c1ccccc1)C(=O)c1cccc(Cl)c1. The maximum atomic E-state index is 12.2. The molecule has 0 radical (unpaired) electrons. The first kappa shape index (κ1) is 13.5. The Morgan fingerprint density at radius 3 is 2.11 bits per heavy atom. The summed E-state index contributed by atoms with van der Waals surface area (Å²) >= 11 is 5.85. The van der Waals surface area contributed by atoms with Gasteiger partial charge in [0, 0.05) is 16.1 Å². The fourth-order valence-corrected chi connectivity index (χ4v) is 2.05. The third kappa shape index (κ3) is 3.09. The third-order valence-corrected chi connectivity index (χ3v) is 3.19. The average molecular weight is 273 g/mol. The van der Waals surface area contributed by atoms with E-state index < -0.39 is 5.92 Å². The Balaban J connectivity index is 2.23. The first-order valence-corrected chi connectivity index (χ1v) is 6.36. The second-order valence-corrected chi connectivity index (χ2v) is 4.76. The number of benzene rings is 2. The summed E-state index contributed by atoms with van der Waals surface area (Å²) in [6.45, 7) is 1.62. The Labute approximate surface area is 117 Å². The fourth-order valence-electron chi connectivity index (χ4n) is 1.86. The summed E-state index contributed by atoms with van der Waals surface area (Å²) in [5.74, 6) is -1.09. The normalized spacial score (nSPS) is 11.9. The molecule has 2 nitrogen and oxygen atoms in total. The molecule has 2 aromatic carbocycles. The van der Waals surface area contributed by atoms with E-state index in [0.29, 0.717) is 16.1 Å². The zero-order valence-electron chi connectivity index (χ0n) is 10.5. The molecule has 0 aliphatic carbocycles. The van der Waals surface area contributed by atoms with Crippen LogP contribution in [-0.4, -0.2) is 11.6 Å². The van der Waals surface area contributed by atoms with Crippen molar-refractivity contribution in [3.05, 3.63) is 70.7 Å². The van der Waals surface area contributed by atoms with Crippen molar-refractivity contribution in [3.8, 4) is 0 Å². The number of carbonyl (C=O) groups is 2. The highest BCUT2D eigenvalue weighted by atomic mass is 35.5. The van der Waals surface area contributed by atoms with Crippen molar-refractivity contribution in [2.75, 3.05) is 0 Å². The first-order chi connectivity index (χ1) is 9.09. The zero-order chi connectivity index (χ0) is 13.8. The molecule has 0 N–H and O–H groups in total. The quantitative estimate of drug-likeness (QED) is 0.622. The Morgan fingerprint density at radius 1 is 0.895 bits per heavy atom. The van der Waals surface area contributed by atoms with Crippen LogP contribution in [0.4, 0.5) is 0 Å². The summed E-state index contributed by atoms with van der Waals surface area (Å²) in [5, 5.41) is 0.491. The fraction of sp³-hybridized carbons (Fsp3) is 0.125. The van der Waals surface area contributed by atoms with E-state index in [1.54, 1.807) is 55.5 Å². The van der Waals surface area contributed by atoms with Crippen LogP contribution in [0.1, 0.15) is 27.6 Å². The average Bonchev–Trinajstić information content (AvgIpc) is 2.46. The van der Waals surface area contributed by atoms with Gasteiger partial charge in [-0.1, -0.05) is 54.1 Å². The van der Waals surface area contributed by atoms with Crippen molar-refractivity contribution >= 4 is 23.2 Å². The number of carbonyl (C=O) groups excluding carboxylic acids is 2. The predicted molar refractivity (Wildman–Crippen MR) is 75.7 cm³/mol. The molecule has 0 aliphatic heterocycles. The molecule has 1 unspecified atom stereocenters. The topological polar surface area (TPSA) is 34.1 Å². The largest absolute Gasteiger partial charge is 0.293 e. The van der Waals surface area contributed by atoms with Crippen LogP contribution in [-0.2, 0) is 0 Å². The van der Waals surface area contributed by atoms with Crippen LogP contribution in [0.5, 0.6) is 0 Å². The lowest BCUT2D eigenvalue weighted by atomic mass is 9.92. The lowest BCUT2D eigenvalue weighted by Gasteiger charge is -2.09. The van der Waals surface area contributed by atoms with E-state index in [1.807, 2.05) is 6.07 Å². The minimum atomic E-state index is -0.708. The molecule has 0 saturated heterocycles. The minimum Gasteiger partial charge on any atom is -0.293 e. The van der Waals surface area contributed by atoms with E-state index in [4.69, 9.17) is 11.6 Å². The van der Waals surface area contributed by atoms with E-state index in [0.717, 1.165) is 0 Å². The van der Waals surface area contributed by atoms with Crippen molar-refractivity contribution < 1.29 is 9.59 Å². The summed E-state index contributed by atoms with van der Waals surface area (Å²) in [7, 11) is 0. The van der Waals surface area contributed by atoms with Crippen LogP contribution < -0.4 is 0 Å². The smallest absolute Gasteiger partial charge is 0.173 e. The number of Topliss-reactive ketones (excluding diaryl/α,β-unsaturated/α-hetero) is 2. The summed E-state index contributed by atoms with van der Waals surface area (Å²) in [4.78, 5) is 24.4. The van der Waals surface area contributed by atoms with Gasteiger partial charge in [0.2, 0.25) is 0 Å². The third-order valence-electron chi connectivity index (χ3n) is 2.95. The molecule has 3 heteroatoms. The molecular weight excluding hydrogens is 260 g/mol. The lowest BCUT2D eigenvalue weighted by molar-refractivity contribution is 0.0821. The zero-order valence-corrected chi connectivity index (χ0v) is 11.2. The first-order valence-electron chi connectivity index (χ1n) is 5.98. The molecule has 0 spiro atoms. The Hall–Kier alpha value is -1.93. The van der Waals surface area contributed by atoms with Crippen molar-refractivity contribution in [3.63, 3.8) is 0 Å². The number of halogens is 1. The number of hydrogen-bond acceptors (Lipinski definition) is 2. The van der Waals surface area contributed by atoms with Crippen molar-refractivity contribution in [2.24, 2.45) is 5.92 Å². The molecule has 0 heterocycles. The molecule has 2 aromatic rings. The molecule has 19 heavy (non-hydrogen) atoms. The van der Waals surface area contributed by atoms with Crippen LogP contribution in [0, 0.1) is 5.92 Å². The molecular formula is C16H13ClO2. The van der Waals surface area contributed by atoms with Gasteiger partial charge in [-0.2, -0.15) is 0 Å². The molecule has 0 amide bonds. The second kappa shape index (κ2) is 5.81. The van der Waals surface area contributed by atoms with Crippen LogP contribution in [0.15, 0.2) is 54.6 Å². The minimum absolute atomic E-state index is 0.175. The maximum Gasteiger partial charge on any atom is 0.173 e. The number of rotatable bonds is 4. The standard InChI is InChI=1S/C16H13ClO2/c1-11(15(18)12-6-3-2-4-7-12)16(19)13-8-5-9-14(17)10-13/h2-11H,1H3. The van der Waals surface area contributed by atoms with E-state index in [9.17, 15) is 9.59 Å². The van der Waals surface area contributed by atoms with Crippen molar-refractivity contribution in [1.82, 2.24) is 0 Å². The van der Waals surface area contributed by atoms with E-state index in [-0.39, 0.29) is 11.6 Å². The van der Waals surface area contributed by atoms with Gasteiger partial charge in [0.15, 0.2) is 11.6 Å². The Bertz CT molecular complexity index is 605. The molecule has 0 aliphatic rings. The van der Waals surface area contributed by atoms with Crippen LogP contribution >= 0.6 is 11.6 Å². The van der Waals surface area contributed by atoms with Gasteiger partial charge < -0.3 is 0 Å².